The molecule has 0 spiro atoms. The number of hydrogen-bond donors (Lipinski definition) is 1. The van der Waals surface area contributed by atoms with Crippen molar-refractivity contribution in [1.82, 2.24) is 4.90 Å². The van der Waals surface area contributed by atoms with Crippen molar-refractivity contribution in [1.29, 1.82) is 0 Å². The van der Waals surface area contributed by atoms with Gasteiger partial charge in [-0.3, -0.25) is 5.32 Å². The quantitative estimate of drug-likeness (QED) is 0.773. The molecule has 0 aromatic carbocycles. The smallest absolute Gasteiger partial charge is 0.321 e. The zero-order chi connectivity index (χ0) is 10.0. The van der Waals surface area contributed by atoms with E-state index in [1.165, 1.54) is 16.2 Å². The normalized spacial score (nSPS) is 9.85. The summed E-state index contributed by atoms with van der Waals surface area (Å²) in [5.74, 6) is 0. The second-order valence-corrected chi connectivity index (χ2v) is 4.50. The first-order valence-corrected chi connectivity index (χ1v) is 4.94. The first-order valence-electron chi connectivity index (χ1n) is 3.75. The molecule has 0 atom stereocenters. The molecule has 1 heterocycles. The summed E-state index contributed by atoms with van der Waals surface area (Å²) in [5.41, 5.74) is 0. The van der Waals surface area contributed by atoms with Crippen LogP contribution >= 0.6 is 22.9 Å². The molecule has 5 heteroatoms. The molecule has 0 saturated heterocycles. The second kappa shape index (κ2) is 3.98. The molecule has 1 N–H and O–H groups in total. The number of rotatable bonds is 1. The SMILES string of the molecule is Cc1sc(NC(=O)N(C)C)cc1Cl. The van der Waals surface area contributed by atoms with E-state index < -0.39 is 0 Å². The van der Waals surface area contributed by atoms with Crippen molar-refractivity contribution >= 4 is 34.0 Å². The summed E-state index contributed by atoms with van der Waals surface area (Å²) in [6.45, 7) is 1.91. The molecule has 2 amide bonds. The van der Waals surface area contributed by atoms with Crippen molar-refractivity contribution in [3.8, 4) is 0 Å². The van der Waals surface area contributed by atoms with Gasteiger partial charge in [-0.15, -0.1) is 11.3 Å². The fraction of sp³-hybridized carbons (Fsp3) is 0.375. The Balaban J connectivity index is 2.70. The first-order chi connectivity index (χ1) is 6.00. The largest absolute Gasteiger partial charge is 0.331 e. The van der Waals surface area contributed by atoms with Crippen molar-refractivity contribution in [2.24, 2.45) is 0 Å². The zero-order valence-corrected chi connectivity index (χ0v) is 9.29. The molecule has 72 valence electrons. The van der Waals surface area contributed by atoms with Gasteiger partial charge in [-0.25, -0.2) is 4.79 Å². The molecule has 0 radical (unpaired) electrons. The van der Waals surface area contributed by atoms with Crippen molar-refractivity contribution in [2.75, 3.05) is 19.4 Å². The lowest BCUT2D eigenvalue weighted by atomic mass is 10.5. The van der Waals surface area contributed by atoms with Crippen molar-refractivity contribution in [2.45, 2.75) is 6.92 Å². The van der Waals surface area contributed by atoms with Crippen LogP contribution in [0.5, 0.6) is 0 Å². The van der Waals surface area contributed by atoms with Gasteiger partial charge in [-0.1, -0.05) is 11.6 Å². The van der Waals surface area contributed by atoms with E-state index in [1.807, 2.05) is 6.92 Å². The number of aryl methyl sites for hydroxylation is 1. The summed E-state index contributed by atoms with van der Waals surface area (Å²) in [6, 6.07) is 1.61. The maximum Gasteiger partial charge on any atom is 0.321 e. The van der Waals surface area contributed by atoms with Crippen LogP contribution in [-0.4, -0.2) is 25.0 Å². The van der Waals surface area contributed by atoms with E-state index in [0.29, 0.717) is 5.02 Å². The summed E-state index contributed by atoms with van der Waals surface area (Å²) in [4.78, 5) is 13.7. The fourth-order valence-corrected chi connectivity index (χ4v) is 1.83. The third-order valence-corrected chi connectivity index (χ3v) is 2.96. The summed E-state index contributed by atoms with van der Waals surface area (Å²) < 4.78 is 0. The van der Waals surface area contributed by atoms with E-state index in [9.17, 15) is 4.79 Å². The molecule has 0 aliphatic rings. The summed E-state index contributed by atoms with van der Waals surface area (Å²) in [7, 11) is 3.38. The topological polar surface area (TPSA) is 32.3 Å². The highest BCUT2D eigenvalue weighted by Gasteiger charge is 2.07. The Labute approximate surface area is 86.3 Å². The average molecular weight is 219 g/mol. The van der Waals surface area contributed by atoms with Gasteiger partial charge in [-0.2, -0.15) is 0 Å². The lowest BCUT2D eigenvalue weighted by Gasteiger charge is -2.09. The van der Waals surface area contributed by atoms with E-state index in [0.717, 1.165) is 9.88 Å². The molecule has 0 bridgehead atoms. The highest BCUT2D eigenvalue weighted by Crippen LogP contribution is 2.29. The van der Waals surface area contributed by atoms with Crippen molar-refractivity contribution in [3.05, 3.63) is 16.0 Å². The molecule has 0 unspecified atom stereocenters. The molecule has 0 saturated carbocycles. The maximum absolute atomic E-state index is 11.2. The number of urea groups is 1. The zero-order valence-electron chi connectivity index (χ0n) is 7.72. The summed E-state index contributed by atoms with van der Waals surface area (Å²) in [6.07, 6.45) is 0. The van der Waals surface area contributed by atoms with Crippen LogP contribution in [-0.2, 0) is 0 Å². The van der Waals surface area contributed by atoms with E-state index in [4.69, 9.17) is 11.6 Å². The van der Waals surface area contributed by atoms with E-state index in [-0.39, 0.29) is 6.03 Å². The van der Waals surface area contributed by atoms with Crippen molar-refractivity contribution < 1.29 is 4.79 Å². The third-order valence-electron chi connectivity index (χ3n) is 1.49. The Morgan fingerprint density at radius 1 is 1.62 bits per heavy atom. The van der Waals surface area contributed by atoms with Gasteiger partial charge < -0.3 is 4.90 Å². The Morgan fingerprint density at radius 2 is 2.23 bits per heavy atom. The van der Waals surface area contributed by atoms with Crippen molar-refractivity contribution in [3.63, 3.8) is 0 Å². The molecule has 3 nitrogen and oxygen atoms in total. The van der Waals surface area contributed by atoms with Crippen LogP contribution in [0.1, 0.15) is 4.88 Å². The number of carbonyl (C=O) groups is 1. The van der Waals surface area contributed by atoms with Gasteiger partial charge in [0.2, 0.25) is 0 Å². The molecule has 0 aliphatic carbocycles. The second-order valence-electron chi connectivity index (χ2n) is 2.84. The van der Waals surface area contributed by atoms with Gasteiger partial charge in [0.1, 0.15) is 0 Å². The van der Waals surface area contributed by atoms with Crippen LogP contribution in [0.3, 0.4) is 0 Å². The number of halogens is 1. The maximum atomic E-state index is 11.2. The monoisotopic (exact) mass is 218 g/mol. The van der Waals surface area contributed by atoms with Gasteiger partial charge in [-0.05, 0) is 13.0 Å². The van der Waals surface area contributed by atoms with Crippen LogP contribution in [0, 0.1) is 6.92 Å². The number of anilines is 1. The van der Waals surface area contributed by atoms with Gasteiger partial charge in [0.05, 0.1) is 10.0 Å². The van der Waals surface area contributed by atoms with E-state index >= 15 is 0 Å². The number of thiophene rings is 1. The number of amides is 2. The molecular formula is C8H11ClN2OS. The predicted octanol–water partition coefficient (Wildman–Crippen LogP) is 2.80. The van der Waals surface area contributed by atoms with Gasteiger partial charge in [0, 0.05) is 19.0 Å². The van der Waals surface area contributed by atoms with Gasteiger partial charge in [0.25, 0.3) is 0 Å². The first kappa shape index (κ1) is 10.3. The van der Waals surface area contributed by atoms with Crippen LogP contribution in [0.25, 0.3) is 0 Å². The van der Waals surface area contributed by atoms with Gasteiger partial charge >= 0.3 is 6.03 Å². The van der Waals surface area contributed by atoms with Crippen LogP contribution in [0.4, 0.5) is 9.80 Å². The molecule has 13 heavy (non-hydrogen) atoms. The lowest BCUT2D eigenvalue weighted by Crippen LogP contribution is -2.26. The fourth-order valence-electron chi connectivity index (χ4n) is 0.739. The Kier molecular flexibility index (Phi) is 3.17. The highest BCUT2D eigenvalue weighted by molar-refractivity contribution is 7.16. The van der Waals surface area contributed by atoms with E-state index in [2.05, 4.69) is 5.32 Å². The number of nitrogens with zero attached hydrogens (tertiary/aromatic N) is 1. The Bertz CT molecular complexity index is 302. The molecule has 1 rings (SSSR count). The molecule has 1 aromatic heterocycles. The molecular weight excluding hydrogens is 208 g/mol. The van der Waals surface area contributed by atoms with Gasteiger partial charge in [0.15, 0.2) is 0 Å². The average Bonchev–Trinajstić information content (AvgIpc) is 2.31. The standard InChI is InChI=1S/C8H11ClN2OS/c1-5-6(9)4-7(13-5)10-8(12)11(2)3/h4H,1-3H3,(H,10,12). The predicted molar refractivity (Wildman–Crippen MR) is 56.8 cm³/mol. The van der Waals surface area contributed by atoms with Crippen LogP contribution < -0.4 is 5.32 Å². The number of carbonyl (C=O) groups excluding carboxylic acids is 1. The van der Waals surface area contributed by atoms with Crippen LogP contribution in [0.2, 0.25) is 5.02 Å². The van der Waals surface area contributed by atoms with Crippen LogP contribution in [0.15, 0.2) is 6.07 Å². The summed E-state index contributed by atoms with van der Waals surface area (Å²) in [5, 5.41) is 4.20. The molecule has 0 fully saturated rings. The summed E-state index contributed by atoms with van der Waals surface area (Å²) >= 11 is 7.31. The number of nitrogens with one attached hydrogen (secondary N) is 1. The Morgan fingerprint density at radius 3 is 2.62 bits per heavy atom. The minimum atomic E-state index is -0.141. The van der Waals surface area contributed by atoms with E-state index in [1.54, 1.807) is 20.2 Å². The molecule has 1 aromatic rings. The highest BCUT2D eigenvalue weighted by atomic mass is 35.5. The minimum Gasteiger partial charge on any atom is -0.331 e. The number of hydrogen-bond acceptors (Lipinski definition) is 2. The third kappa shape index (κ3) is 2.60. The Hall–Kier alpha value is -0.740. The lowest BCUT2D eigenvalue weighted by molar-refractivity contribution is 0.231. The molecule has 0 aliphatic heterocycles. The minimum absolute atomic E-state index is 0.141.